The summed E-state index contributed by atoms with van der Waals surface area (Å²) in [5.74, 6) is -0.407. The Morgan fingerprint density at radius 2 is 1.72 bits per heavy atom. The summed E-state index contributed by atoms with van der Waals surface area (Å²) in [5, 5.41) is 8.76. The maximum absolute atomic E-state index is 12.5. The summed E-state index contributed by atoms with van der Waals surface area (Å²) in [5.41, 5.74) is 2.41. The van der Waals surface area contributed by atoms with Crippen molar-refractivity contribution < 1.29 is 19.1 Å². The second kappa shape index (κ2) is 11.3. The lowest BCUT2D eigenvalue weighted by Gasteiger charge is -2.26. The second-order valence-electron chi connectivity index (χ2n) is 7.75. The van der Waals surface area contributed by atoms with Gasteiger partial charge in [-0.3, -0.25) is 14.4 Å². The first kappa shape index (κ1) is 23.3. The predicted molar refractivity (Wildman–Crippen MR) is 124 cm³/mol. The van der Waals surface area contributed by atoms with Gasteiger partial charge in [-0.05, 0) is 55.8 Å². The molecule has 1 fully saturated rings. The van der Waals surface area contributed by atoms with Crippen molar-refractivity contribution in [2.24, 2.45) is 0 Å². The molecule has 0 radical (unpaired) electrons. The van der Waals surface area contributed by atoms with Gasteiger partial charge >= 0.3 is 0 Å². The Morgan fingerprint density at radius 1 is 1.00 bits per heavy atom. The number of amides is 3. The topological polar surface area (TPSA) is 99.8 Å². The van der Waals surface area contributed by atoms with Crippen molar-refractivity contribution in [2.75, 3.05) is 43.5 Å². The third-order valence-electron chi connectivity index (χ3n) is 5.28. The van der Waals surface area contributed by atoms with Crippen LogP contribution in [0.4, 0.5) is 11.4 Å². The van der Waals surface area contributed by atoms with Crippen molar-refractivity contribution >= 4 is 29.1 Å². The van der Waals surface area contributed by atoms with Crippen LogP contribution in [0, 0.1) is 0 Å². The third-order valence-corrected chi connectivity index (χ3v) is 5.28. The Labute approximate surface area is 188 Å². The van der Waals surface area contributed by atoms with Gasteiger partial charge in [0.1, 0.15) is 0 Å². The van der Waals surface area contributed by atoms with Gasteiger partial charge < -0.3 is 25.6 Å². The van der Waals surface area contributed by atoms with Crippen molar-refractivity contribution in [1.29, 1.82) is 0 Å². The average molecular weight is 439 g/mol. The molecule has 2 aromatic rings. The minimum Gasteiger partial charge on any atom is -0.378 e. The fourth-order valence-corrected chi connectivity index (χ4v) is 3.21. The molecule has 0 spiro atoms. The molecular formula is C24H30N4O4. The van der Waals surface area contributed by atoms with Crippen LogP contribution < -0.4 is 16.0 Å². The number of carbonyl (C=O) groups is 3. The van der Waals surface area contributed by atoms with E-state index < -0.39 is 0 Å². The summed E-state index contributed by atoms with van der Waals surface area (Å²) in [6.45, 7) is 6.29. The molecule has 1 unspecified atom stereocenters. The molecule has 1 saturated heterocycles. The Hall–Kier alpha value is -3.39. The number of benzene rings is 2. The minimum absolute atomic E-state index is 0.0370. The molecule has 3 amide bonds. The van der Waals surface area contributed by atoms with E-state index in [-0.39, 0.29) is 30.3 Å². The summed E-state index contributed by atoms with van der Waals surface area (Å²) >= 11 is 0. The molecule has 170 valence electrons. The molecule has 1 atom stereocenters. The number of nitrogens with zero attached hydrogens (tertiary/aromatic N) is 1. The van der Waals surface area contributed by atoms with Crippen LogP contribution >= 0.6 is 0 Å². The van der Waals surface area contributed by atoms with Gasteiger partial charge in [-0.15, -0.1) is 0 Å². The summed E-state index contributed by atoms with van der Waals surface area (Å²) in [6.07, 6.45) is 0.853. The lowest BCUT2D eigenvalue weighted by Crippen LogP contribution is -2.40. The molecule has 0 bridgehead atoms. The van der Waals surface area contributed by atoms with Gasteiger partial charge in [-0.1, -0.05) is 13.0 Å². The largest absolute Gasteiger partial charge is 0.378 e. The lowest BCUT2D eigenvalue weighted by atomic mass is 10.1. The SMILES string of the molecule is CCC(C)NC(=O)c1cccc(NCC(=O)Nc2ccc(C(=O)N3CCOCC3)cc2)c1. The monoisotopic (exact) mass is 438 g/mol. The van der Waals surface area contributed by atoms with Gasteiger partial charge in [0.15, 0.2) is 0 Å². The van der Waals surface area contributed by atoms with Crippen LogP contribution in [0.2, 0.25) is 0 Å². The standard InChI is InChI=1S/C24H30N4O4/c1-3-17(2)26-23(30)19-5-4-6-21(15-19)25-16-22(29)27-20-9-7-18(8-10-20)24(31)28-11-13-32-14-12-28/h4-10,15,17,25H,3,11-14,16H2,1-2H3,(H,26,30)(H,27,29). The molecule has 1 heterocycles. The molecule has 2 aromatic carbocycles. The zero-order chi connectivity index (χ0) is 22.9. The molecule has 1 aliphatic rings. The highest BCUT2D eigenvalue weighted by Crippen LogP contribution is 2.14. The Kier molecular flexibility index (Phi) is 8.21. The summed E-state index contributed by atoms with van der Waals surface area (Å²) in [4.78, 5) is 38.8. The van der Waals surface area contributed by atoms with E-state index in [1.54, 1.807) is 53.4 Å². The highest BCUT2D eigenvalue weighted by Gasteiger charge is 2.18. The fourth-order valence-electron chi connectivity index (χ4n) is 3.21. The first-order valence-corrected chi connectivity index (χ1v) is 10.9. The van der Waals surface area contributed by atoms with E-state index in [2.05, 4.69) is 16.0 Å². The lowest BCUT2D eigenvalue weighted by molar-refractivity contribution is -0.114. The Morgan fingerprint density at radius 3 is 2.41 bits per heavy atom. The van der Waals surface area contributed by atoms with Crippen molar-refractivity contribution in [3.8, 4) is 0 Å². The summed E-state index contributed by atoms with van der Waals surface area (Å²) < 4.78 is 5.27. The normalized spacial score (nSPS) is 14.4. The Bertz CT molecular complexity index is 939. The maximum Gasteiger partial charge on any atom is 0.254 e. The van der Waals surface area contributed by atoms with E-state index >= 15 is 0 Å². The highest BCUT2D eigenvalue weighted by atomic mass is 16.5. The molecule has 1 aliphatic heterocycles. The van der Waals surface area contributed by atoms with E-state index in [1.807, 2.05) is 13.8 Å². The van der Waals surface area contributed by atoms with Gasteiger partial charge in [0.05, 0.1) is 19.8 Å². The summed E-state index contributed by atoms with van der Waals surface area (Å²) in [6, 6.07) is 14.0. The van der Waals surface area contributed by atoms with E-state index in [9.17, 15) is 14.4 Å². The van der Waals surface area contributed by atoms with Crippen LogP contribution in [0.15, 0.2) is 48.5 Å². The van der Waals surface area contributed by atoms with Gasteiger partial charge in [-0.2, -0.15) is 0 Å². The number of ether oxygens (including phenoxy) is 1. The molecule has 0 saturated carbocycles. The third kappa shape index (κ3) is 6.55. The van der Waals surface area contributed by atoms with Gasteiger partial charge in [0.2, 0.25) is 5.91 Å². The van der Waals surface area contributed by atoms with E-state index in [4.69, 9.17) is 4.74 Å². The van der Waals surface area contributed by atoms with Crippen LogP contribution in [-0.4, -0.2) is 61.5 Å². The van der Waals surface area contributed by atoms with Crippen LogP contribution in [0.3, 0.4) is 0 Å². The number of carbonyl (C=O) groups excluding carboxylic acids is 3. The first-order chi connectivity index (χ1) is 15.5. The highest BCUT2D eigenvalue weighted by molar-refractivity contribution is 5.97. The van der Waals surface area contributed by atoms with E-state index in [0.717, 1.165) is 6.42 Å². The first-order valence-electron chi connectivity index (χ1n) is 10.9. The van der Waals surface area contributed by atoms with Gasteiger partial charge in [0, 0.05) is 41.6 Å². The van der Waals surface area contributed by atoms with Crippen LogP contribution in [0.5, 0.6) is 0 Å². The predicted octanol–water partition coefficient (Wildman–Crippen LogP) is 2.74. The molecule has 3 N–H and O–H groups in total. The van der Waals surface area contributed by atoms with Gasteiger partial charge in [-0.25, -0.2) is 0 Å². The van der Waals surface area contributed by atoms with Crippen LogP contribution in [-0.2, 0) is 9.53 Å². The summed E-state index contributed by atoms with van der Waals surface area (Å²) in [7, 11) is 0. The fraction of sp³-hybridized carbons (Fsp3) is 0.375. The molecule has 3 rings (SSSR count). The van der Waals surface area contributed by atoms with Crippen LogP contribution in [0.25, 0.3) is 0 Å². The average Bonchev–Trinajstić information content (AvgIpc) is 2.83. The van der Waals surface area contributed by atoms with E-state index in [1.165, 1.54) is 0 Å². The molecule has 8 heteroatoms. The quantitative estimate of drug-likeness (QED) is 0.589. The number of nitrogens with one attached hydrogen (secondary N) is 3. The van der Waals surface area contributed by atoms with Crippen LogP contribution in [0.1, 0.15) is 41.0 Å². The second-order valence-corrected chi connectivity index (χ2v) is 7.75. The van der Waals surface area contributed by atoms with Gasteiger partial charge in [0.25, 0.3) is 11.8 Å². The smallest absolute Gasteiger partial charge is 0.254 e. The molecule has 0 aliphatic carbocycles. The number of hydrogen-bond acceptors (Lipinski definition) is 5. The van der Waals surface area contributed by atoms with Crippen molar-refractivity contribution in [2.45, 2.75) is 26.3 Å². The van der Waals surface area contributed by atoms with Crippen molar-refractivity contribution in [1.82, 2.24) is 10.2 Å². The molecular weight excluding hydrogens is 408 g/mol. The zero-order valence-electron chi connectivity index (χ0n) is 18.5. The number of rotatable bonds is 8. The zero-order valence-corrected chi connectivity index (χ0v) is 18.5. The molecule has 32 heavy (non-hydrogen) atoms. The van der Waals surface area contributed by atoms with Crippen molar-refractivity contribution in [3.05, 3.63) is 59.7 Å². The maximum atomic E-state index is 12.5. The van der Waals surface area contributed by atoms with Crippen molar-refractivity contribution in [3.63, 3.8) is 0 Å². The Balaban J connectivity index is 1.50. The number of anilines is 2. The number of morpholine rings is 1. The molecule has 8 nitrogen and oxygen atoms in total. The molecule has 0 aromatic heterocycles. The number of hydrogen-bond donors (Lipinski definition) is 3. The minimum atomic E-state index is -0.230. The van der Waals surface area contributed by atoms with E-state index in [0.29, 0.717) is 48.8 Å².